The van der Waals surface area contributed by atoms with Crippen LogP contribution in [0.1, 0.15) is 141 Å². The molecule has 3 aromatic rings. The first kappa shape index (κ1) is 45.7. The maximum absolute atomic E-state index is 14.1. The summed E-state index contributed by atoms with van der Waals surface area (Å²) in [5.41, 5.74) is 5.41. The number of halogens is 3. The minimum atomic E-state index is -4.48. The lowest BCUT2D eigenvalue weighted by Gasteiger charge is -2.22. The van der Waals surface area contributed by atoms with Crippen molar-refractivity contribution in [3.05, 3.63) is 65.0 Å². The number of aryl methyl sites for hydroxylation is 3. The molecule has 1 atom stereocenters. The van der Waals surface area contributed by atoms with Crippen molar-refractivity contribution >= 4 is 34.0 Å². The van der Waals surface area contributed by atoms with Crippen LogP contribution in [0.3, 0.4) is 0 Å². The number of hydrogen-bond donors (Lipinski definition) is 2. The number of imidazole rings is 1. The van der Waals surface area contributed by atoms with Gasteiger partial charge in [-0.3, -0.25) is 4.98 Å². The Morgan fingerprint density at radius 1 is 0.962 bits per heavy atom. The molecule has 1 aliphatic heterocycles. The van der Waals surface area contributed by atoms with Gasteiger partial charge in [0, 0.05) is 37.0 Å². The molecule has 2 aliphatic rings. The Morgan fingerprint density at radius 2 is 1.58 bits per heavy atom. The summed E-state index contributed by atoms with van der Waals surface area (Å²) in [4.78, 5) is 9.15. The smallest absolute Gasteiger partial charge is 0.396 e. The standard InChI is InChI=1S/C26H29F3N5.C9H20O.C5H10.C4H10/c1-7-18-10-11-33(5)24(26(27,28)29)23(18)21-14-19(13-16(3)30-21)17(4)31-25-32-20-9-8-15(2)12-22(20)34(25)6;1-4-5-6-9(7-10)8(2)3;1-2-4-5-3-1;1-3-4-2/h8-9,12-14H,4,7,10-11H2,1-3,5-6H3,(H,31,32);8-10H,4-7H2,1-3H3;1-5H2;3-4H2,1-2H3/q+1;;;. The Labute approximate surface area is 318 Å². The summed E-state index contributed by atoms with van der Waals surface area (Å²) in [7, 11) is 3.40. The number of unbranched alkanes of at least 4 members (excludes halogenated alkanes) is 2. The number of pyridine rings is 1. The third kappa shape index (κ3) is 14.0. The molecule has 0 bridgehead atoms. The number of nitrogens with one attached hydrogen (secondary N) is 1. The van der Waals surface area contributed by atoms with Crippen LogP contribution < -0.4 is 5.32 Å². The van der Waals surface area contributed by atoms with Crippen LogP contribution in [0, 0.1) is 25.7 Å². The fourth-order valence-electron chi connectivity index (χ4n) is 6.49. The second-order valence-electron chi connectivity index (χ2n) is 14.9. The first-order chi connectivity index (χ1) is 25.1. The highest BCUT2D eigenvalue weighted by molar-refractivity contribution is 6.24. The highest BCUT2D eigenvalue weighted by Crippen LogP contribution is 2.35. The molecule has 0 saturated heterocycles. The quantitative estimate of drug-likeness (QED) is 0.192. The van der Waals surface area contributed by atoms with Gasteiger partial charge in [-0.25, -0.2) is 9.56 Å². The fourth-order valence-corrected chi connectivity index (χ4v) is 6.49. The number of rotatable bonds is 11. The predicted molar refractivity (Wildman–Crippen MR) is 220 cm³/mol. The van der Waals surface area contributed by atoms with E-state index in [0.717, 1.165) is 22.2 Å². The first-order valence-electron chi connectivity index (χ1n) is 20.0. The Bertz CT molecular complexity index is 1640. The molecule has 0 spiro atoms. The van der Waals surface area contributed by atoms with Crippen molar-refractivity contribution in [1.82, 2.24) is 14.5 Å². The van der Waals surface area contributed by atoms with E-state index < -0.39 is 11.9 Å². The van der Waals surface area contributed by atoms with Gasteiger partial charge in [0.1, 0.15) is 13.6 Å². The molecule has 53 heavy (non-hydrogen) atoms. The number of aromatic nitrogens is 3. The number of nitrogens with zero attached hydrogens (tertiary/aromatic N) is 4. The number of alkyl halides is 3. The molecule has 0 amide bonds. The number of aliphatic hydroxyl groups excluding tert-OH is 1. The molecule has 2 N–H and O–H groups in total. The van der Waals surface area contributed by atoms with Crippen LogP contribution in [-0.4, -0.2) is 56.3 Å². The van der Waals surface area contributed by atoms with Crippen LogP contribution in [0.2, 0.25) is 0 Å². The van der Waals surface area contributed by atoms with Gasteiger partial charge >= 0.3 is 6.18 Å². The fraction of sp³-hybridized carbons (Fsp3) is 0.614. The van der Waals surface area contributed by atoms with Gasteiger partial charge in [0.25, 0.3) is 5.71 Å². The Morgan fingerprint density at radius 3 is 2.09 bits per heavy atom. The highest BCUT2D eigenvalue weighted by Gasteiger charge is 2.48. The zero-order valence-corrected chi connectivity index (χ0v) is 34.5. The molecule has 1 aromatic carbocycles. The van der Waals surface area contributed by atoms with E-state index in [1.165, 1.54) is 75.8 Å². The predicted octanol–water partition coefficient (Wildman–Crippen LogP) is 12.1. The van der Waals surface area contributed by atoms with E-state index >= 15 is 0 Å². The third-order valence-corrected chi connectivity index (χ3v) is 10.1. The van der Waals surface area contributed by atoms with Gasteiger partial charge in [-0.1, -0.05) is 112 Å². The van der Waals surface area contributed by atoms with Gasteiger partial charge in [-0.05, 0) is 73.9 Å². The lowest BCUT2D eigenvalue weighted by Crippen LogP contribution is -2.37. The Hall–Kier alpha value is -3.46. The largest absolute Gasteiger partial charge is 0.477 e. The molecule has 1 saturated carbocycles. The molecule has 2 aromatic heterocycles. The first-order valence-corrected chi connectivity index (χ1v) is 20.0. The van der Waals surface area contributed by atoms with E-state index in [-0.39, 0.29) is 5.57 Å². The maximum atomic E-state index is 14.1. The van der Waals surface area contributed by atoms with Crippen LogP contribution in [0.25, 0.3) is 22.3 Å². The summed E-state index contributed by atoms with van der Waals surface area (Å²) < 4.78 is 45.5. The van der Waals surface area contributed by atoms with Gasteiger partial charge in [0.15, 0.2) is 0 Å². The zero-order valence-electron chi connectivity index (χ0n) is 34.5. The monoisotopic (exact) mass is 741 g/mol. The van der Waals surface area contributed by atoms with Gasteiger partial charge in [-0.15, -0.1) is 0 Å². The van der Waals surface area contributed by atoms with E-state index in [0.29, 0.717) is 66.4 Å². The second kappa shape index (κ2) is 22.7. The number of hydrogen-bond acceptors (Lipinski definition) is 4. The van der Waals surface area contributed by atoms with Crippen molar-refractivity contribution in [2.24, 2.45) is 18.9 Å². The average Bonchev–Trinajstić information content (AvgIpc) is 3.80. The summed E-state index contributed by atoms with van der Waals surface area (Å²) in [5, 5.41) is 12.2. The summed E-state index contributed by atoms with van der Waals surface area (Å²) in [6.07, 6.45) is 10.5. The summed E-state index contributed by atoms with van der Waals surface area (Å²) in [6, 6.07) is 9.52. The number of fused-ring (bicyclic) bond motifs is 1. The number of allylic oxidation sites excluding steroid dienone is 1. The summed E-state index contributed by atoms with van der Waals surface area (Å²) in [5.74, 6) is 1.77. The molecule has 1 fully saturated rings. The van der Waals surface area contributed by atoms with Crippen LogP contribution >= 0.6 is 0 Å². The Balaban J connectivity index is 0.000000418. The molecule has 1 unspecified atom stereocenters. The van der Waals surface area contributed by atoms with Crippen molar-refractivity contribution < 1.29 is 22.9 Å². The van der Waals surface area contributed by atoms with E-state index in [1.54, 1.807) is 13.0 Å². The van der Waals surface area contributed by atoms with Crippen molar-refractivity contribution in [1.29, 1.82) is 0 Å². The van der Waals surface area contributed by atoms with Crippen LogP contribution in [0.5, 0.6) is 0 Å². The Kier molecular flexibility index (Phi) is 19.6. The maximum Gasteiger partial charge on any atom is 0.477 e. The lowest BCUT2D eigenvalue weighted by atomic mass is 9.91. The zero-order chi connectivity index (χ0) is 39.7. The van der Waals surface area contributed by atoms with E-state index in [1.807, 2.05) is 43.7 Å². The van der Waals surface area contributed by atoms with Crippen LogP contribution in [0.4, 0.5) is 19.1 Å². The van der Waals surface area contributed by atoms with Crippen molar-refractivity contribution in [3.8, 4) is 0 Å². The van der Waals surface area contributed by atoms with E-state index in [9.17, 15) is 13.2 Å². The molecular weight excluding hydrogens is 672 g/mol. The van der Waals surface area contributed by atoms with Crippen molar-refractivity contribution in [2.75, 3.05) is 25.5 Å². The van der Waals surface area contributed by atoms with Crippen molar-refractivity contribution in [3.63, 3.8) is 0 Å². The lowest BCUT2D eigenvalue weighted by molar-refractivity contribution is -0.504. The average molecular weight is 741 g/mol. The number of benzene rings is 1. The summed E-state index contributed by atoms with van der Waals surface area (Å²) >= 11 is 0. The minimum absolute atomic E-state index is 0.180. The molecule has 296 valence electrons. The van der Waals surface area contributed by atoms with Gasteiger partial charge < -0.3 is 15.0 Å². The summed E-state index contributed by atoms with van der Waals surface area (Å²) in [6.45, 7) is 21.4. The van der Waals surface area contributed by atoms with Gasteiger partial charge in [0.05, 0.1) is 22.3 Å². The van der Waals surface area contributed by atoms with E-state index in [2.05, 4.69) is 62.5 Å². The van der Waals surface area contributed by atoms with Crippen molar-refractivity contribution in [2.45, 2.75) is 139 Å². The molecule has 3 heterocycles. The molecule has 5 rings (SSSR count). The number of aliphatic hydroxyl groups is 1. The van der Waals surface area contributed by atoms with Gasteiger partial charge in [0.2, 0.25) is 5.95 Å². The molecular formula is C44H69F3N5O+. The molecule has 9 heteroatoms. The topological polar surface area (TPSA) is 66.0 Å². The molecule has 1 aliphatic carbocycles. The highest BCUT2D eigenvalue weighted by atomic mass is 19.4. The molecule has 6 nitrogen and oxygen atoms in total. The number of anilines is 1. The van der Waals surface area contributed by atoms with Gasteiger partial charge in [-0.2, -0.15) is 13.2 Å². The second-order valence-corrected chi connectivity index (χ2v) is 14.9. The third-order valence-electron chi connectivity index (χ3n) is 10.1. The van der Waals surface area contributed by atoms with Crippen LogP contribution in [0.15, 0.2) is 42.5 Å². The van der Waals surface area contributed by atoms with E-state index in [4.69, 9.17) is 5.11 Å². The van der Waals surface area contributed by atoms with Crippen LogP contribution in [-0.2, 0) is 7.05 Å². The SMILES string of the molecule is C1CCCC1.C=C(Nc1nc2ccc(C)cc2n1C)c1cc(C)nc(C2=C(CC)CC[N+](C)=C2C(F)(F)F)c1.CCCC.CCCCC(CO)C(C)C. The minimum Gasteiger partial charge on any atom is -0.396 e. The molecule has 0 radical (unpaired) electrons. The normalized spacial score (nSPS) is 15.0.